The normalized spacial score (nSPS) is 11.4. The molecule has 0 spiro atoms. The number of ether oxygens (including phenoxy) is 1. The van der Waals surface area contributed by atoms with E-state index in [2.05, 4.69) is 15.3 Å². The molecular formula is C28H25FN4O3. The third-order valence-corrected chi connectivity index (χ3v) is 5.51. The van der Waals surface area contributed by atoms with Crippen LogP contribution in [-0.2, 0) is 4.79 Å². The summed E-state index contributed by atoms with van der Waals surface area (Å²) < 4.78 is 19.1. The molecule has 0 unspecified atom stereocenters. The van der Waals surface area contributed by atoms with Gasteiger partial charge in [-0.3, -0.25) is 19.5 Å². The second-order valence-electron chi connectivity index (χ2n) is 7.95. The SMILES string of the molecule is CCOc1cccc(N(C(=O)c2cnccn2)[C@@H](C(=O)Nc2ccc(F)cc2)c2ccccc2C)c1. The van der Waals surface area contributed by atoms with Crippen LogP contribution in [0, 0.1) is 12.7 Å². The van der Waals surface area contributed by atoms with Gasteiger partial charge in [0.15, 0.2) is 0 Å². The Morgan fingerprint density at radius 2 is 1.81 bits per heavy atom. The van der Waals surface area contributed by atoms with E-state index < -0.39 is 23.7 Å². The van der Waals surface area contributed by atoms with Crippen LogP contribution >= 0.6 is 0 Å². The van der Waals surface area contributed by atoms with Crippen molar-refractivity contribution in [2.24, 2.45) is 0 Å². The number of anilines is 2. The van der Waals surface area contributed by atoms with Gasteiger partial charge in [-0.1, -0.05) is 30.3 Å². The molecule has 1 aromatic heterocycles. The van der Waals surface area contributed by atoms with Crippen LogP contribution < -0.4 is 15.0 Å². The Morgan fingerprint density at radius 1 is 1.03 bits per heavy atom. The van der Waals surface area contributed by atoms with Crippen molar-refractivity contribution in [1.29, 1.82) is 0 Å². The second kappa shape index (κ2) is 11.2. The number of hydrogen-bond acceptors (Lipinski definition) is 5. The maximum absolute atomic E-state index is 13.9. The molecular weight excluding hydrogens is 459 g/mol. The smallest absolute Gasteiger partial charge is 0.279 e. The van der Waals surface area contributed by atoms with Crippen LogP contribution in [0.1, 0.15) is 34.6 Å². The quantitative estimate of drug-likeness (QED) is 0.365. The van der Waals surface area contributed by atoms with Gasteiger partial charge in [0.2, 0.25) is 0 Å². The maximum Gasteiger partial charge on any atom is 0.279 e. The molecule has 1 N–H and O–H groups in total. The Balaban J connectivity index is 1.87. The summed E-state index contributed by atoms with van der Waals surface area (Å²) >= 11 is 0. The topological polar surface area (TPSA) is 84.4 Å². The van der Waals surface area contributed by atoms with Gasteiger partial charge in [-0.2, -0.15) is 0 Å². The summed E-state index contributed by atoms with van der Waals surface area (Å²) in [6, 6.07) is 18.7. The molecule has 8 heteroatoms. The molecule has 4 aromatic rings. The fourth-order valence-corrected chi connectivity index (χ4v) is 3.84. The molecule has 2 amide bonds. The van der Waals surface area contributed by atoms with E-state index in [-0.39, 0.29) is 5.69 Å². The van der Waals surface area contributed by atoms with Crippen molar-refractivity contribution in [3.63, 3.8) is 0 Å². The molecule has 1 atom stereocenters. The van der Waals surface area contributed by atoms with E-state index in [1.807, 2.05) is 32.0 Å². The Morgan fingerprint density at radius 3 is 2.50 bits per heavy atom. The molecule has 0 bridgehead atoms. The summed E-state index contributed by atoms with van der Waals surface area (Å²) in [5.74, 6) is -0.862. The number of carbonyl (C=O) groups is 2. The number of carbonyl (C=O) groups excluding carboxylic acids is 2. The molecule has 1 heterocycles. The highest BCUT2D eigenvalue weighted by atomic mass is 19.1. The van der Waals surface area contributed by atoms with Gasteiger partial charge in [-0.25, -0.2) is 9.37 Å². The number of halogens is 1. The Hall–Kier alpha value is -4.59. The molecule has 0 saturated heterocycles. The maximum atomic E-state index is 13.9. The van der Waals surface area contributed by atoms with E-state index in [9.17, 15) is 14.0 Å². The average molecular weight is 485 g/mol. The van der Waals surface area contributed by atoms with Crippen LogP contribution in [0.15, 0.2) is 91.4 Å². The molecule has 0 fully saturated rings. The van der Waals surface area contributed by atoms with E-state index in [0.29, 0.717) is 29.3 Å². The summed E-state index contributed by atoms with van der Waals surface area (Å²) in [7, 11) is 0. The predicted molar refractivity (Wildman–Crippen MR) is 135 cm³/mol. The van der Waals surface area contributed by atoms with Crippen molar-refractivity contribution in [2.45, 2.75) is 19.9 Å². The van der Waals surface area contributed by atoms with Crippen LogP contribution in [0.3, 0.4) is 0 Å². The Bertz CT molecular complexity index is 1350. The zero-order valence-corrected chi connectivity index (χ0v) is 19.9. The summed E-state index contributed by atoms with van der Waals surface area (Å²) in [6.45, 7) is 4.17. The largest absolute Gasteiger partial charge is 0.494 e. The van der Waals surface area contributed by atoms with Crippen LogP contribution in [0.4, 0.5) is 15.8 Å². The molecule has 3 aromatic carbocycles. The summed E-state index contributed by atoms with van der Waals surface area (Å²) in [5.41, 5.74) is 2.35. The van der Waals surface area contributed by atoms with Crippen molar-refractivity contribution in [3.05, 3.63) is 114 Å². The molecule has 0 aliphatic carbocycles. The molecule has 0 aliphatic rings. The number of aryl methyl sites for hydroxylation is 1. The number of nitrogens with one attached hydrogen (secondary N) is 1. The first-order chi connectivity index (χ1) is 17.5. The predicted octanol–water partition coefficient (Wildman–Crippen LogP) is 5.35. The third-order valence-electron chi connectivity index (χ3n) is 5.51. The lowest BCUT2D eigenvalue weighted by molar-refractivity contribution is -0.117. The standard InChI is InChI=1S/C28H25FN4O3/c1-3-36-23-9-6-8-22(17-23)33(28(35)25-18-30-15-16-31-25)26(24-10-5-4-7-19(24)2)27(34)32-21-13-11-20(29)12-14-21/h4-18,26H,3H2,1-2H3,(H,32,34)/t26-/m1/s1. The second-order valence-corrected chi connectivity index (χ2v) is 7.95. The summed E-state index contributed by atoms with van der Waals surface area (Å²) in [4.78, 5) is 37.3. The van der Waals surface area contributed by atoms with Crippen LogP contribution in [0.5, 0.6) is 5.75 Å². The highest BCUT2D eigenvalue weighted by molar-refractivity contribution is 6.11. The van der Waals surface area contributed by atoms with Crippen molar-refractivity contribution in [2.75, 3.05) is 16.8 Å². The van der Waals surface area contributed by atoms with E-state index in [1.54, 1.807) is 30.3 Å². The first kappa shape index (κ1) is 24.5. The fraction of sp³-hybridized carbons (Fsp3) is 0.143. The molecule has 0 radical (unpaired) electrons. The van der Waals surface area contributed by atoms with Gasteiger partial charge in [0, 0.05) is 29.8 Å². The van der Waals surface area contributed by atoms with Crippen molar-refractivity contribution >= 4 is 23.2 Å². The molecule has 4 rings (SSSR count). The number of benzene rings is 3. The van der Waals surface area contributed by atoms with E-state index in [4.69, 9.17) is 4.74 Å². The Kier molecular flexibility index (Phi) is 7.65. The van der Waals surface area contributed by atoms with E-state index in [0.717, 1.165) is 5.56 Å². The lowest BCUT2D eigenvalue weighted by Crippen LogP contribution is -2.42. The van der Waals surface area contributed by atoms with Gasteiger partial charge in [0.05, 0.1) is 12.8 Å². The number of hydrogen-bond donors (Lipinski definition) is 1. The minimum absolute atomic E-state index is 0.0764. The molecule has 36 heavy (non-hydrogen) atoms. The minimum atomic E-state index is -1.08. The van der Waals surface area contributed by atoms with Gasteiger partial charge < -0.3 is 10.1 Å². The van der Waals surface area contributed by atoms with E-state index >= 15 is 0 Å². The van der Waals surface area contributed by atoms with Crippen LogP contribution in [0.25, 0.3) is 0 Å². The lowest BCUT2D eigenvalue weighted by Gasteiger charge is -2.32. The zero-order valence-electron chi connectivity index (χ0n) is 19.9. The van der Waals surface area contributed by atoms with E-state index in [1.165, 1.54) is 47.8 Å². The molecule has 182 valence electrons. The molecule has 0 aliphatic heterocycles. The van der Waals surface area contributed by atoms with Crippen LogP contribution in [0.2, 0.25) is 0 Å². The van der Waals surface area contributed by atoms with Gasteiger partial charge >= 0.3 is 0 Å². The first-order valence-corrected chi connectivity index (χ1v) is 11.4. The molecule has 0 saturated carbocycles. The lowest BCUT2D eigenvalue weighted by atomic mass is 9.97. The Labute approximate surface area is 208 Å². The van der Waals surface area contributed by atoms with Crippen molar-refractivity contribution in [3.8, 4) is 5.75 Å². The number of nitrogens with zero attached hydrogens (tertiary/aromatic N) is 3. The minimum Gasteiger partial charge on any atom is -0.494 e. The highest BCUT2D eigenvalue weighted by Gasteiger charge is 2.35. The number of amides is 2. The third kappa shape index (κ3) is 5.55. The van der Waals surface area contributed by atoms with Crippen molar-refractivity contribution in [1.82, 2.24) is 9.97 Å². The number of aromatic nitrogens is 2. The van der Waals surface area contributed by atoms with Gasteiger partial charge in [0.1, 0.15) is 23.3 Å². The highest BCUT2D eigenvalue weighted by Crippen LogP contribution is 2.33. The van der Waals surface area contributed by atoms with Crippen molar-refractivity contribution < 1.29 is 18.7 Å². The molecule has 7 nitrogen and oxygen atoms in total. The average Bonchev–Trinajstić information content (AvgIpc) is 2.89. The summed E-state index contributed by atoms with van der Waals surface area (Å²) in [6.07, 6.45) is 4.24. The summed E-state index contributed by atoms with van der Waals surface area (Å²) in [5, 5.41) is 2.82. The first-order valence-electron chi connectivity index (χ1n) is 11.4. The van der Waals surface area contributed by atoms with Gasteiger partial charge in [-0.05, 0) is 61.4 Å². The van der Waals surface area contributed by atoms with Crippen LogP contribution in [-0.4, -0.2) is 28.4 Å². The monoisotopic (exact) mass is 484 g/mol. The zero-order chi connectivity index (χ0) is 25.5. The van der Waals surface area contributed by atoms with Gasteiger partial charge in [-0.15, -0.1) is 0 Å². The van der Waals surface area contributed by atoms with Gasteiger partial charge in [0.25, 0.3) is 11.8 Å². The number of rotatable bonds is 8. The fourth-order valence-electron chi connectivity index (χ4n) is 3.84.